The number of aliphatic hydroxyl groups excluding tert-OH is 1. The first-order chi connectivity index (χ1) is 11.1. The molecule has 126 valence electrons. The molecule has 1 saturated heterocycles. The molecule has 0 aromatic carbocycles. The molecular weight excluding hydrogens is 318 g/mol. The smallest absolute Gasteiger partial charge is 0.299 e. The Morgan fingerprint density at radius 1 is 1.43 bits per heavy atom. The van der Waals surface area contributed by atoms with Gasteiger partial charge in [-0.15, -0.1) is 0 Å². The molecule has 3 atom stereocenters. The van der Waals surface area contributed by atoms with Crippen molar-refractivity contribution in [1.29, 1.82) is 0 Å². The number of fused-ring (bicyclic) bond motifs is 1. The maximum atomic E-state index is 12.4. The van der Waals surface area contributed by atoms with Crippen molar-refractivity contribution >= 4 is 16.0 Å². The third kappa shape index (κ3) is 3.64. The number of aromatic nitrogens is 1. The fourth-order valence-corrected chi connectivity index (χ4v) is 4.68. The van der Waals surface area contributed by atoms with E-state index in [1.165, 1.54) is 0 Å². The van der Waals surface area contributed by atoms with Gasteiger partial charge < -0.3 is 9.84 Å². The summed E-state index contributed by atoms with van der Waals surface area (Å²) in [7, 11) is -3.46. The van der Waals surface area contributed by atoms with Crippen molar-refractivity contribution in [2.45, 2.75) is 49.5 Å². The van der Waals surface area contributed by atoms with Crippen LogP contribution in [0.5, 0.6) is 0 Å². The summed E-state index contributed by atoms with van der Waals surface area (Å²) in [6, 6.07) is 3.25. The van der Waals surface area contributed by atoms with Crippen molar-refractivity contribution in [3.8, 4) is 0 Å². The summed E-state index contributed by atoms with van der Waals surface area (Å²) in [6.07, 6.45) is 6.56. The molecular formula is C15H21N3O4S. The molecule has 0 spiro atoms. The highest BCUT2D eigenvalue weighted by Gasteiger charge is 2.42. The molecule has 8 heteroatoms. The zero-order valence-corrected chi connectivity index (χ0v) is 13.6. The van der Waals surface area contributed by atoms with E-state index < -0.39 is 21.3 Å². The minimum absolute atomic E-state index is 0.0236. The number of rotatable bonds is 4. The van der Waals surface area contributed by atoms with E-state index in [1.807, 2.05) is 6.07 Å². The van der Waals surface area contributed by atoms with Crippen LogP contribution in [0.25, 0.3) is 0 Å². The van der Waals surface area contributed by atoms with Crippen molar-refractivity contribution in [2.24, 2.45) is 4.99 Å². The van der Waals surface area contributed by atoms with Crippen molar-refractivity contribution in [3.63, 3.8) is 0 Å². The van der Waals surface area contributed by atoms with E-state index >= 15 is 0 Å². The number of nitrogens with one attached hydrogen (secondary N) is 1. The van der Waals surface area contributed by atoms with Crippen molar-refractivity contribution in [1.82, 2.24) is 9.71 Å². The van der Waals surface area contributed by atoms with Gasteiger partial charge in [-0.05, 0) is 37.3 Å². The van der Waals surface area contributed by atoms with E-state index in [0.717, 1.165) is 24.8 Å². The Bertz CT molecular complexity index is 663. The molecule has 7 nitrogen and oxygen atoms in total. The van der Waals surface area contributed by atoms with Gasteiger partial charge in [0.05, 0.1) is 6.04 Å². The first kappa shape index (κ1) is 16.2. The van der Waals surface area contributed by atoms with Crippen LogP contribution in [0.1, 0.15) is 43.7 Å². The molecule has 1 aliphatic carbocycles. The number of ether oxygens (including phenoxy) is 1. The summed E-state index contributed by atoms with van der Waals surface area (Å²) in [4.78, 5) is 8.43. The summed E-state index contributed by atoms with van der Waals surface area (Å²) in [5, 5.41) is 8.75. The molecule has 1 aromatic heterocycles. The summed E-state index contributed by atoms with van der Waals surface area (Å²) in [6.45, 7) is -0.0604. The lowest BCUT2D eigenvalue weighted by Gasteiger charge is -2.36. The van der Waals surface area contributed by atoms with Crippen LogP contribution in [0.3, 0.4) is 0 Å². The molecule has 0 unspecified atom stereocenters. The molecule has 2 heterocycles. The maximum absolute atomic E-state index is 12.4. The number of hydrogen-bond donors (Lipinski definition) is 2. The minimum atomic E-state index is -3.46. The molecule has 23 heavy (non-hydrogen) atoms. The molecule has 0 amide bonds. The van der Waals surface area contributed by atoms with E-state index in [9.17, 15) is 13.5 Å². The largest absolute Gasteiger partial charge is 0.460 e. The molecule has 0 radical (unpaired) electrons. The van der Waals surface area contributed by atoms with Crippen LogP contribution >= 0.6 is 0 Å². The topological polar surface area (TPSA) is 101 Å². The lowest BCUT2D eigenvalue weighted by atomic mass is 9.97. The van der Waals surface area contributed by atoms with Crippen LogP contribution < -0.4 is 4.72 Å². The van der Waals surface area contributed by atoms with Crippen LogP contribution in [0.2, 0.25) is 0 Å². The Hall–Kier alpha value is -1.67. The summed E-state index contributed by atoms with van der Waals surface area (Å²) in [5.41, 5.74) is 0.808. The highest BCUT2D eigenvalue weighted by Crippen LogP contribution is 2.30. The first-order valence-corrected chi connectivity index (χ1v) is 9.41. The Labute approximate surface area is 135 Å². The Kier molecular flexibility index (Phi) is 4.82. The molecule has 1 aromatic rings. The molecule has 0 bridgehead atoms. The second-order valence-electron chi connectivity index (χ2n) is 5.87. The van der Waals surface area contributed by atoms with Gasteiger partial charge in [0.25, 0.3) is 6.02 Å². The normalized spacial score (nSPS) is 29.2. The van der Waals surface area contributed by atoms with E-state index in [2.05, 4.69) is 14.7 Å². The van der Waals surface area contributed by atoms with E-state index in [4.69, 9.17) is 4.74 Å². The molecule has 2 fully saturated rings. The minimum Gasteiger partial charge on any atom is -0.460 e. The zero-order valence-electron chi connectivity index (χ0n) is 12.8. The molecule has 3 rings (SSSR count). The summed E-state index contributed by atoms with van der Waals surface area (Å²) in [5.74, 6) is 0. The number of hydrogen-bond acceptors (Lipinski definition) is 6. The van der Waals surface area contributed by atoms with Crippen molar-refractivity contribution in [2.75, 3.05) is 6.61 Å². The van der Waals surface area contributed by atoms with Gasteiger partial charge in [0.2, 0.25) is 10.0 Å². The summed E-state index contributed by atoms with van der Waals surface area (Å²) >= 11 is 0. The van der Waals surface area contributed by atoms with Gasteiger partial charge in [0, 0.05) is 19.0 Å². The first-order valence-electron chi connectivity index (χ1n) is 7.87. The summed E-state index contributed by atoms with van der Waals surface area (Å²) < 4.78 is 33.0. The second-order valence-corrected chi connectivity index (χ2v) is 7.77. The van der Waals surface area contributed by atoms with Gasteiger partial charge in [0.1, 0.15) is 11.4 Å². The Morgan fingerprint density at radius 2 is 2.26 bits per heavy atom. The monoisotopic (exact) mass is 339 g/mol. The van der Waals surface area contributed by atoms with E-state index in [-0.39, 0.29) is 18.7 Å². The number of pyridine rings is 1. The van der Waals surface area contributed by atoms with Crippen LogP contribution in [-0.4, -0.2) is 42.5 Å². The van der Waals surface area contributed by atoms with Crippen molar-refractivity contribution < 1.29 is 18.3 Å². The number of sulfonamides is 1. The van der Waals surface area contributed by atoms with E-state index in [1.54, 1.807) is 18.5 Å². The third-order valence-corrected chi connectivity index (χ3v) is 6.07. The quantitative estimate of drug-likeness (QED) is 0.856. The van der Waals surface area contributed by atoms with Gasteiger partial charge in [-0.25, -0.2) is 18.1 Å². The molecule has 2 N–H and O–H groups in total. The number of amidine groups is 1. The van der Waals surface area contributed by atoms with Gasteiger partial charge in [0.15, 0.2) is 0 Å². The molecule has 2 aliphatic rings. The maximum Gasteiger partial charge on any atom is 0.299 e. The number of aliphatic hydroxyl groups is 1. The third-order valence-electron chi connectivity index (χ3n) is 4.28. The Morgan fingerprint density at radius 3 is 3.00 bits per heavy atom. The van der Waals surface area contributed by atoms with Crippen LogP contribution in [0, 0.1) is 0 Å². The fraction of sp³-hybridized carbons (Fsp3) is 0.600. The number of nitrogens with zero attached hydrogens (tertiary/aromatic N) is 2. The molecule has 1 saturated carbocycles. The van der Waals surface area contributed by atoms with Gasteiger partial charge in [-0.3, -0.25) is 4.98 Å². The fourth-order valence-electron chi connectivity index (χ4n) is 3.12. The van der Waals surface area contributed by atoms with Gasteiger partial charge in [-0.2, -0.15) is 0 Å². The van der Waals surface area contributed by atoms with Crippen LogP contribution in [0.4, 0.5) is 0 Å². The average Bonchev–Trinajstić information content (AvgIpc) is 2.55. The molecule has 1 aliphatic heterocycles. The van der Waals surface area contributed by atoms with Gasteiger partial charge in [-0.1, -0.05) is 12.5 Å². The van der Waals surface area contributed by atoms with Crippen LogP contribution in [-0.2, 0) is 14.8 Å². The lowest BCUT2D eigenvalue weighted by molar-refractivity contribution is 0.130. The standard InChI is InChI=1S/C15H21N3O4S/c19-9-7-12(11-4-3-8-16-10-11)17-15-18-23(20,21)14-6-2-1-5-13(14)22-15/h3-4,8,10,12-14,19H,1-2,5-7,9H2,(H,17,18)/t12-,13-,14+/m0/s1. The SMILES string of the molecule is O=S1(=O)NC(=N[C@@H](CCO)c2cccnc2)O[C@H]2CCCC[C@H]21. The zero-order chi connectivity index (χ0) is 16.3. The van der Waals surface area contributed by atoms with Crippen LogP contribution in [0.15, 0.2) is 29.5 Å². The second kappa shape index (κ2) is 6.84. The predicted octanol–water partition coefficient (Wildman–Crippen LogP) is 1.12. The van der Waals surface area contributed by atoms with Gasteiger partial charge >= 0.3 is 0 Å². The Balaban J connectivity index is 1.85. The highest BCUT2D eigenvalue weighted by molar-refractivity contribution is 7.90. The number of aliphatic imine (C=N–C) groups is 1. The lowest BCUT2D eigenvalue weighted by Crippen LogP contribution is -2.54. The highest BCUT2D eigenvalue weighted by atomic mass is 32.2. The van der Waals surface area contributed by atoms with Crippen molar-refractivity contribution in [3.05, 3.63) is 30.1 Å². The average molecular weight is 339 g/mol. The van der Waals surface area contributed by atoms with E-state index in [0.29, 0.717) is 12.8 Å². The predicted molar refractivity (Wildman–Crippen MR) is 85.3 cm³/mol.